The molecule has 3 aliphatic rings. The number of esters is 1. The number of hydrogen-bond donors (Lipinski definition) is 2. The van der Waals surface area contributed by atoms with Crippen molar-refractivity contribution in [2.75, 3.05) is 10.6 Å². The fourth-order valence-corrected chi connectivity index (χ4v) is 10.2. The predicted molar refractivity (Wildman–Crippen MR) is 253 cm³/mol. The van der Waals surface area contributed by atoms with Gasteiger partial charge < -0.3 is 15.4 Å². The highest BCUT2D eigenvalue weighted by molar-refractivity contribution is 6.53. The number of carbonyl (C=O) groups excluding carboxylic acids is 1. The molecule has 4 nitrogen and oxygen atoms in total. The second-order valence-corrected chi connectivity index (χ2v) is 18.8. The standard InChI is InChI=1S/C52H52Cl4N2O2/c1-31-13-21-35(22-14-31)41(39-9-5-7-11-43(39)57-37-25-17-33(3)18-26-37)29-52(46-45(51(59)60-52)47(53)49(55)50(56)48(46)54)30-42(36-23-15-32(2)16-24-36)40-10-6-8-12-44(40)58-38-27-19-34(4)20-28-38/h5-16,21-24,29-30,33-34,37-38,57-58H,17-20,25-28H2,1-4H3/b41-29+,42-30+. The Morgan fingerprint density at radius 1 is 0.567 bits per heavy atom. The first kappa shape index (κ1) is 42.5. The lowest BCUT2D eigenvalue weighted by atomic mass is 9.82. The summed E-state index contributed by atoms with van der Waals surface area (Å²) in [5, 5.41) is 8.02. The number of rotatable bonds is 10. The molecule has 1 heterocycles. The Kier molecular flexibility index (Phi) is 12.8. The number of hydrogen-bond acceptors (Lipinski definition) is 4. The Labute approximate surface area is 375 Å². The van der Waals surface area contributed by atoms with E-state index in [1.807, 2.05) is 12.2 Å². The van der Waals surface area contributed by atoms with Gasteiger partial charge in [-0.15, -0.1) is 0 Å². The van der Waals surface area contributed by atoms with Crippen LogP contribution in [0.5, 0.6) is 0 Å². The van der Waals surface area contributed by atoms with E-state index in [0.717, 1.165) is 93.4 Å². The summed E-state index contributed by atoms with van der Waals surface area (Å²) in [6.07, 6.45) is 13.2. The summed E-state index contributed by atoms with van der Waals surface area (Å²) in [4.78, 5) is 14.5. The van der Waals surface area contributed by atoms with Gasteiger partial charge in [0.25, 0.3) is 0 Å². The van der Waals surface area contributed by atoms with Crippen LogP contribution >= 0.6 is 46.4 Å². The number of para-hydroxylation sites is 2. The van der Waals surface area contributed by atoms with E-state index in [1.54, 1.807) is 0 Å². The molecule has 0 amide bonds. The fourth-order valence-electron chi connectivity index (χ4n) is 9.16. The maximum absolute atomic E-state index is 14.5. The summed E-state index contributed by atoms with van der Waals surface area (Å²) in [7, 11) is 0. The van der Waals surface area contributed by atoms with Crippen LogP contribution in [0, 0.1) is 25.7 Å². The zero-order valence-electron chi connectivity index (χ0n) is 34.7. The minimum Gasteiger partial charge on any atom is -0.442 e. The van der Waals surface area contributed by atoms with Crippen LogP contribution in [0.1, 0.15) is 115 Å². The molecule has 60 heavy (non-hydrogen) atoms. The third-order valence-electron chi connectivity index (χ3n) is 12.8. The van der Waals surface area contributed by atoms with Gasteiger partial charge >= 0.3 is 5.97 Å². The van der Waals surface area contributed by atoms with Gasteiger partial charge in [-0.1, -0.05) is 156 Å². The first-order valence-corrected chi connectivity index (χ1v) is 22.8. The third kappa shape index (κ3) is 8.77. The molecule has 2 N–H and O–H groups in total. The fraction of sp³-hybridized carbons (Fsp3) is 0.327. The number of anilines is 2. The molecule has 0 spiro atoms. The minimum atomic E-state index is -1.61. The predicted octanol–water partition coefficient (Wildman–Crippen LogP) is 15.5. The first-order valence-electron chi connectivity index (χ1n) is 21.3. The molecule has 8 rings (SSSR count). The molecule has 0 atom stereocenters. The number of halogens is 4. The molecule has 0 bridgehead atoms. The lowest BCUT2D eigenvalue weighted by Gasteiger charge is -2.31. The number of ether oxygens (including phenoxy) is 1. The van der Waals surface area contributed by atoms with Crippen LogP contribution in [0.25, 0.3) is 11.1 Å². The molecule has 8 heteroatoms. The van der Waals surface area contributed by atoms with Gasteiger partial charge in [0.2, 0.25) is 0 Å². The van der Waals surface area contributed by atoms with Gasteiger partial charge in [0, 0.05) is 40.1 Å². The number of fused-ring (bicyclic) bond motifs is 1. The summed E-state index contributed by atoms with van der Waals surface area (Å²) in [5.74, 6) is 0.799. The zero-order chi connectivity index (χ0) is 42.1. The average Bonchev–Trinajstić information content (AvgIpc) is 3.54. The molecule has 2 aliphatic carbocycles. The van der Waals surface area contributed by atoms with Crippen molar-refractivity contribution >= 4 is 74.9 Å². The van der Waals surface area contributed by atoms with Gasteiger partial charge in [0.05, 0.1) is 25.7 Å². The Morgan fingerprint density at radius 3 is 1.40 bits per heavy atom. The number of nitrogens with one attached hydrogen (secondary N) is 2. The van der Waals surface area contributed by atoms with E-state index in [2.05, 4.69) is 135 Å². The zero-order valence-corrected chi connectivity index (χ0v) is 37.7. The van der Waals surface area contributed by atoms with E-state index in [1.165, 1.54) is 25.7 Å². The van der Waals surface area contributed by atoms with Gasteiger partial charge in [-0.2, -0.15) is 0 Å². The number of benzene rings is 5. The SMILES string of the molecule is Cc1ccc(/C(=C\C2(/C=C(\c3ccc(C)cc3)c3ccccc3NC3CCC(C)CC3)OC(=O)c3c(Cl)c(Cl)c(Cl)c(Cl)c32)c2ccccc2NC2CCC(C)CC2)cc1. The molecular formula is C52H52Cl4N2O2. The molecule has 1 aliphatic heterocycles. The van der Waals surface area contributed by atoms with E-state index in [-0.39, 0.29) is 25.7 Å². The summed E-state index contributed by atoms with van der Waals surface area (Å²) in [6.45, 7) is 8.82. The molecule has 0 aromatic heterocycles. The highest BCUT2D eigenvalue weighted by Crippen LogP contribution is 2.54. The second kappa shape index (κ2) is 18.0. The summed E-state index contributed by atoms with van der Waals surface area (Å²) < 4.78 is 6.77. The van der Waals surface area contributed by atoms with E-state index in [0.29, 0.717) is 17.6 Å². The highest BCUT2D eigenvalue weighted by Gasteiger charge is 2.48. The number of aryl methyl sites for hydroxylation is 2. The Morgan fingerprint density at radius 2 is 0.967 bits per heavy atom. The normalized spacial score (nSPS) is 23.2. The van der Waals surface area contributed by atoms with Crippen molar-refractivity contribution in [2.45, 2.75) is 96.7 Å². The molecule has 2 fully saturated rings. The van der Waals surface area contributed by atoms with Gasteiger partial charge in [0.15, 0.2) is 5.60 Å². The maximum atomic E-state index is 14.5. The van der Waals surface area contributed by atoms with Crippen molar-refractivity contribution in [3.8, 4) is 0 Å². The van der Waals surface area contributed by atoms with Crippen molar-refractivity contribution in [1.82, 2.24) is 0 Å². The van der Waals surface area contributed by atoms with Gasteiger partial charge in [0.1, 0.15) is 0 Å². The Balaban J connectivity index is 1.42. The van der Waals surface area contributed by atoms with Crippen LogP contribution in [-0.2, 0) is 10.3 Å². The molecule has 0 unspecified atom stereocenters. The smallest absolute Gasteiger partial charge is 0.341 e. The van der Waals surface area contributed by atoms with Crippen molar-refractivity contribution in [3.05, 3.63) is 174 Å². The van der Waals surface area contributed by atoms with Crippen LogP contribution in [0.15, 0.2) is 109 Å². The number of carbonyl (C=O) groups is 1. The topological polar surface area (TPSA) is 50.4 Å². The molecule has 0 radical (unpaired) electrons. The minimum absolute atomic E-state index is 0.00528. The first-order chi connectivity index (χ1) is 28.9. The summed E-state index contributed by atoms with van der Waals surface area (Å²) in [5.41, 5.74) is 8.60. The monoisotopic (exact) mass is 876 g/mol. The molecule has 5 aromatic carbocycles. The average molecular weight is 879 g/mol. The molecule has 5 aromatic rings. The quantitative estimate of drug-likeness (QED) is 0.0834. The van der Waals surface area contributed by atoms with Crippen molar-refractivity contribution in [1.29, 1.82) is 0 Å². The lowest BCUT2D eigenvalue weighted by molar-refractivity contribution is 0.0300. The molecule has 310 valence electrons. The van der Waals surface area contributed by atoms with Gasteiger partial charge in [-0.3, -0.25) is 0 Å². The number of cyclic esters (lactones) is 1. The van der Waals surface area contributed by atoms with Crippen molar-refractivity contribution in [3.63, 3.8) is 0 Å². The van der Waals surface area contributed by atoms with Crippen LogP contribution in [0.4, 0.5) is 11.4 Å². The molecule has 0 saturated heterocycles. The Bertz CT molecular complexity index is 2310. The highest BCUT2D eigenvalue weighted by atomic mass is 35.5. The van der Waals surface area contributed by atoms with Crippen molar-refractivity contribution < 1.29 is 9.53 Å². The van der Waals surface area contributed by atoms with Crippen molar-refractivity contribution in [2.24, 2.45) is 11.8 Å². The summed E-state index contributed by atoms with van der Waals surface area (Å²) >= 11 is 27.9. The van der Waals surface area contributed by atoms with Crippen LogP contribution in [0.2, 0.25) is 20.1 Å². The van der Waals surface area contributed by atoms with E-state index in [4.69, 9.17) is 51.1 Å². The van der Waals surface area contributed by atoms with E-state index < -0.39 is 11.6 Å². The Hall–Kier alpha value is -4.19. The van der Waals surface area contributed by atoms with Crippen LogP contribution in [-0.4, -0.2) is 18.1 Å². The molecule has 2 saturated carbocycles. The maximum Gasteiger partial charge on any atom is 0.341 e. The van der Waals surface area contributed by atoms with E-state index >= 15 is 0 Å². The van der Waals surface area contributed by atoms with Crippen LogP contribution in [0.3, 0.4) is 0 Å². The van der Waals surface area contributed by atoms with Crippen LogP contribution < -0.4 is 10.6 Å². The van der Waals surface area contributed by atoms with E-state index in [9.17, 15) is 4.79 Å². The van der Waals surface area contributed by atoms with Gasteiger partial charge in [-0.05, 0) is 124 Å². The summed E-state index contributed by atoms with van der Waals surface area (Å²) in [6, 6.07) is 34.3. The van der Waals surface area contributed by atoms with Gasteiger partial charge in [-0.25, -0.2) is 4.79 Å². The second-order valence-electron chi connectivity index (χ2n) is 17.3. The third-order valence-corrected chi connectivity index (χ3v) is 14.6. The lowest BCUT2D eigenvalue weighted by Crippen LogP contribution is -2.26. The largest absolute Gasteiger partial charge is 0.442 e. The molecular weight excluding hydrogens is 826 g/mol.